The Labute approximate surface area is 150 Å². The lowest BCUT2D eigenvalue weighted by molar-refractivity contribution is 0.342. The second kappa shape index (κ2) is 7.60. The van der Waals surface area contributed by atoms with Gasteiger partial charge in [0.25, 0.3) is 0 Å². The minimum atomic E-state index is 0.418. The van der Waals surface area contributed by atoms with Gasteiger partial charge in [-0.2, -0.15) is 0 Å². The lowest BCUT2D eigenvalue weighted by atomic mass is 10.2. The molecule has 1 heterocycles. The molecule has 0 aliphatic heterocycles. The zero-order chi connectivity index (χ0) is 16.9. The van der Waals surface area contributed by atoms with Gasteiger partial charge in [-0.15, -0.1) is 0 Å². The summed E-state index contributed by atoms with van der Waals surface area (Å²) in [6.45, 7) is 2.87. The summed E-state index contributed by atoms with van der Waals surface area (Å²) >= 11 is 12.2. The second-order valence-corrected chi connectivity index (χ2v) is 5.88. The fourth-order valence-corrected chi connectivity index (χ4v) is 2.70. The molecule has 0 fully saturated rings. The summed E-state index contributed by atoms with van der Waals surface area (Å²) in [6, 6.07) is 13.0. The molecule has 6 heteroatoms. The van der Waals surface area contributed by atoms with Crippen LogP contribution in [0.1, 0.15) is 12.8 Å². The average Bonchev–Trinajstić information content (AvgIpc) is 3.04. The Bertz CT molecular complexity index is 833. The third kappa shape index (κ3) is 3.83. The molecule has 0 radical (unpaired) electrons. The lowest BCUT2D eigenvalue weighted by Gasteiger charge is -2.12. The van der Waals surface area contributed by atoms with Crippen molar-refractivity contribution in [1.29, 1.82) is 0 Å². The van der Waals surface area contributed by atoms with E-state index in [-0.39, 0.29) is 0 Å². The lowest BCUT2D eigenvalue weighted by Crippen LogP contribution is -2.03. The van der Waals surface area contributed by atoms with Gasteiger partial charge in [0.15, 0.2) is 11.5 Å². The van der Waals surface area contributed by atoms with Crippen LogP contribution in [0.2, 0.25) is 10.0 Å². The Kier molecular flexibility index (Phi) is 5.28. The van der Waals surface area contributed by atoms with Crippen molar-refractivity contribution in [2.45, 2.75) is 13.5 Å². The molecule has 1 aromatic heterocycles. The number of hydrogen-bond acceptors (Lipinski definition) is 4. The summed E-state index contributed by atoms with van der Waals surface area (Å²) in [7, 11) is 0. The number of nitrogens with zero attached hydrogens (tertiary/aromatic N) is 1. The molecule has 0 aliphatic carbocycles. The third-order valence-corrected chi connectivity index (χ3v) is 3.88. The Hall–Kier alpha value is -2.17. The minimum Gasteiger partial charge on any atom is -0.490 e. The molecular weight excluding hydrogens is 347 g/mol. The highest BCUT2D eigenvalue weighted by Crippen LogP contribution is 2.33. The maximum absolute atomic E-state index is 6.17. The number of nitrogens with one attached hydrogen (secondary N) is 1. The molecule has 0 saturated heterocycles. The van der Waals surface area contributed by atoms with Crippen molar-refractivity contribution >= 4 is 28.9 Å². The van der Waals surface area contributed by atoms with Crippen molar-refractivity contribution in [2.24, 2.45) is 0 Å². The van der Waals surface area contributed by atoms with E-state index >= 15 is 0 Å². The highest BCUT2D eigenvalue weighted by Gasteiger charge is 2.10. The topological polar surface area (TPSA) is 47.3 Å². The minimum absolute atomic E-state index is 0.418. The molecule has 0 bridgehead atoms. The highest BCUT2D eigenvalue weighted by molar-refractivity contribution is 6.32. The Morgan fingerprint density at radius 3 is 2.79 bits per heavy atom. The van der Waals surface area contributed by atoms with Gasteiger partial charge in [0.05, 0.1) is 30.1 Å². The average molecular weight is 363 g/mol. The van der Waals surface area contributed by atoms with Gasteiger partial charge in [-0.25, -0.2) is 4.98 Å². The van der Waals surface area contributed by atoms with E-state index in [9.17, 15) is 0 Å². The first-order valence-electron chi connectivity index (χ1n) is 7.53. The molecule has 0 spiro atoms. The van der Waals surface area contributed by atoms with Crippen molar-refractivity contribution in [1.82, 2.24) is 4.98 Å². The Balaban J connectivity index is 1.73. The van der Waals surface area contributed by atoms with Crippen molar-refractivity contribution in [2.75, 3.05) is 11.9 Å². The zero-order valence-corrected chi connectivity index (χ0v) is 14.6. The quantitative estimate of drug-likeness (QED) is 0.614. The van der Waals surface area contributed by atoms with Crippen LogP contribution in [0, 0.1) is 0 Å². The van der Waals surface area contributed by atoms with Gasteiger partial charge in [-0.3, -0.25) is 0 Å². The van der Waals surface area contributed by atoms with Gasteiger partial charge in [-0.1, -0.05) is 41.4 Å². The summed E-state index contributed by atoms with van der Waals surface area (Å²) in [5.74, 6) is 1.86. The molecule has 124 valence electrons. The van der Waals surface area contributed by atoms with E-state index < -0.39 is 0 Å². The molecule has 2 aromatic carbocycles. The molecule has 0 unspecified atom stereocenters. The number of anilines is 1. The number of hydrogen-bond donors (Lipinski definition) is 1. The number of oxazole rings is 1. The molecule has 24 heavy (non-hydrogen) atoms. The van der Waals surface area contributed by atoms with Gasteiger partial charge in [0.1, 0.15) is 0 Å². The van der Waals surface area contributed by atoms with Crippen LogP contribution in [0.4, 0.5) is 5.69 Å². The fourth-order valence-electron chi connectivity index (χ4n) is 2.28. The number of aromatic nitrogens is 1. The summed E-state index contributed by atoms with van der Waals surface area (Å²) in [5.41, 5.74) is 1.69. The Morgan fingerprint density at radius 1 is 1.17 bits per heavy atom. The number of para-hydroxylation sites is 1. The van der Waals surface area contributed by atoms with E-state index in [2.05, 4.69) is 10.3 Å². The van der Waals surface area contributed by atoms with Gasteiger partial charge in [0.2, 0.25) is 5.89 Å². The summed E-state index contributed by atoms with van der Waals surface area (Å²) in [6.07, 6.45) is 1.68. The molecule has 3 rings (SSSR count). The Morgan fingerprint density at radius 2 is 2.00 bits per heavy atom. The van der Waals surface area contributed by atoms with Crippen LogP contribution in [-0.2, 0) is 6.54 Å². The highest BCUT2D eigenvalue weighted by atomic mass is 35.5. The van der Waals surface area contributed by atoms with Crippen LogP contribution in [0.3, 0.4) is 0 Å². The van der Waals surface area contributed by atoms with Crippen LogP contribution in [0.5, 0.6) is 5.75 Å². The monoisotopic (exact) mass is 362 g/mol. The first-order chi connectivity index (χ1) is 11.7. The van der Waals surface area contributed by atoms with Gasteiger partial charge < -0.3 is 14.5 Å². The summed E-state index contributed by atoms with van der Waals surface area (Å²) < 4.78 is 11.4. The molecular formula is C18H16Cl2N2O2. The maximum Gasteiger partial charge on any atom is 0.214 e. The van der Waals surface area contributed by atoms with E-state index in [0.29, 0.717) is 40.6 Å². The molecule has 4 nitrogen and oxygen atoms in total. The van der Waals surface area contributed by atoms with Gasteiger partial charge >= 0.3 is 0 Å². The molecule has 0 atom stereocenters. The van der Waals surface area contributed by atoms with Crippen LogP contribution < -0.4 is 10.1 Å². The molecule has 1 N–H and O–H groups in total. The van der Waals surface area contributed by atoms with E-state index in [0.717, 1.165) is 11.3 Å². The predicted molar refractivity (Wildman–Crippen MR) is 96.9 cm³/mol. The largest absolute Gasteiger partial charge is 0.490 e. The first kappa shape index (κ1) is 16.7. The number of halogens is 2. The van der Waals surface area contributed by atoms with Gasteiger partial charge in [0, 0.05) is 10.6 Å². The van der Waals surface area contributed by atoms with E-state index in [1.54, 1.807) is 12.3 Å². The van der Waals surface area contributed by atoms with Gasteiger partial charge in [-0.05, 0) is 31.2 Å². The smallest absolute Gasteiger partial charge is 0.214 e. The van der Waals surface area contributed by atoms with Crippen LogP contribution >= 0.6 is 23.2 Å². The summed E-state index contributed by atoms with van der Waals surface area (Å²) in [4.78, 5) is 4.29. The zero-order valence-electron chi connectivity index (χ0n) is 13.1. The van der Waals surface area contributed by atoms with E-state index in [1.807, 2.05) is 43.3 Å². The van der Waals surface area contributed by atoms with Crippen LogP contribution in [-0.4, -0.2) is 11.6 Å². The molecule has 0 amide bonds. The fraction of sp³-hybridized carbons (Fsp3) is 0.167. The van der Waals surface area contributed by atoms with Crippen molar-refractivity contribution < 1.29 is 9.15 Å². The summed E-state index contributed by atoms with van der Waals surface area (Å²) in [5, 5.41) is 4.46. The van der Waals surface area contributed by atoms with Crippen LogP contribution in [0.15, 0.2) is 53.1 Å². The predicted octanol–water partition coefficient (Wildman–Crippen LogP) is 5.66. The molecule has 0 saturated carbocycles. The second-order valence-electron chi connectivity index (χ2n) is 5.03. The van der Waals surface area contributed by atoms with E-state index in [1.165, 1.54) is 0 Å². The SMILES string of the molecule is CCOc1c(Cl)cccc1NCc1ncc(-c2cccc(Cl)c2)o1. The normalized spacial score (nSPS) is 10.6. The molecule has 0 aliphatic rings. The molecule has 3 aromatic rings. The van der Waals surface area contributed by atoms with E-state index in [4.69, 9.17) is 32.4 Å². The third-order valence-electron chi connectivity index (χ3n) is 3.35. The standard InChI is InChI=1S/C18H16Cl2N2O2/c1-2-23-18-14(20)7-4-8-15(18)21-11-17-22-10-16(24-17)12-5-3-6-13(19)9-12/h3-10,21H,2,11H2,1H3. The maximum atomic E-state index is 6.17. The number of benzene rings is 2. The van der Waals surface area contributed by atoms with Crippen molar-refractivity contribution in [3.63, 3.8) is 0 Å². The van der Waals surface area contributed by atoms with Crippen molar-refractivity contribution in [3.05, 3.63) is 64.6 Å². The number of ether oxygens (including phenoxy) is 1. The number of rotatable bonds is 6. The van der Waals surface area contributed by atoms with Crippen molar-refractivity contribution in [3.8, 4) is 17.1 Å². The first-order valence-corrected chi connectivity index (χ1v) is 8.29. The van der Waals surface area contributed by atoms with Crippen LogP contribution in [0.25, 0.3) is 11.3 Å².